The van der Waals surface area contributed by atoms with Gasteiger partial charge in [-0.1, -0.05) is 0 Å². The van der Waals surface area contributed by atoms with E-state index in [9.17, 15) is 4.79 Å². The fraction of sp³-hybridized carbons (Fsp3) is 0.889. The molecule has 0 spiro atoms. The lowest BCUT2D eigenvalue weighted by Crippen LogP contribution is -2.48. The summed E-state index contributed by atoms with van der Waals surface area (Å²) in [5, 5.41) is 2.95. The zero-order valence-corrected chi connectivity index (χ0v) is 7.95. The Kier molecular flexibility index (Phi) is 2.51. The molecule has 1 saturated heterocycles. The van der Waals surface area contributed by atoms with E-state index >= 15 is 0 Å². The quantitative estimate of drug-likeness (QED) is 0.634. The summed E-state index contributed by atoms with van der Waals surface area (Å²) in [6.07, 6.45) is 2.02. The van der Waals surface area contributed by atoms with Gasteiger partial charge in [-0.25, -0.2) is 0 Å². The van der Waals surface area contributed by atoms with Crippen LogP contribution in [0.15, 0.2) is 0 Å². The molecule has 1 aliphatic carbocycles. The van der Waals surface area contributed by atoms with Crippen molar-refractivity contribution < 1.29 is 9.53 Å². The summed E-state index contributed by atoms with van der Waals surface area (Å²) in [7, 11) is 2.01. The first-order valence-corrected chi connectivity index (χ1v) is 4.86. The van der Waals surface area contributed by atoms with Crippen molar-refractivity contribution in [3.05, 3.63) is 0 Å². The fourth-order valence-electron chi connectivity index (χ4n) is 1.46. The average Bonchev–Trinajstić information content (AvgIpc) is 2.88. The van der Waals surface area contributed by atoms with Crippen molar-refractivity contribution in [3.8, 4) is 0 Å². The van der Waals surface area contributed by atoms with Crippen molar-refractivity contribution in [2.75, 3.05) is 26.7 Å². The third-order valence-corrected chi connectivity index (χ3v) is 2.49. The van der Waals surface area contributed by atoms with E-state index < -0.39 is 0 Å². The first kappa shape index (κ1) is 8.97. The van der Waals surface area contributed by atoms with Gasteiger partial charge in [-0.15, -0.1) is 0 Å². The highest BCUT2D eigenvalue weighted by molar-refractivity contribution is 5.81. The van der Waals surface area contributed by atoms with E-state index in [4.69, 9.17) is 4.74 Å². The van der Waals surface area contributed by atoms with E-state index in [1.807, 2.05) is 7.05 Å². The van der Waals surface area contributed by atoms with Gasteiger partial charge in [0.1, 0.15) is 6.10 Å². The average molecular weight is 184 g/mol. The summed E-state index contributed by atoms with van der Waals surface area (Å²) in [6, 6.07) is 0.434. The molecular formula is C9H16N2O2. The molecule has 0 bridgehead atoms. The van der Waals surface area contributed by atoms with E-state index in [1.165, 1.54) is 0 Å². The monoisotopic (exact) mass is 184 g/mol. The van der Waals surface area contributed by atoms with Gasteiger partial charge in [-0.05, 0) is 19.9 Å². The molecule has 2 rings (SSSR count). The largest absolute Gasteiger partial charge is 0.366 e. The minimum absolute atomic E-state index is 0.0639. The molecular weight excluding hydrogens is 168 g/mol. The van der Waals surface area contributed by atoms with Crippen LogP contribution in [-0.4, -0.2) is 49.7 Å². The highest BCUT2D eigenvalue weighted by atomic mass is 16.5. The number of amides is 1. The van der Waals surface area contributed by atoms with Gasteiger partial charge in [0.25, 0.3) is 5.91 Å². The molecule has 1 unspecified atom stereocenters. The normalized spacial score (nSPS) is 30.1. The highest BCUT2D eigenvalue weighted by Gasteiger charge is 2.30. The van der Waals surface area contributed by atoms with E-state index in [-0.39, 0.29) is 12.0 Å². The first-order chi connectivity index (χ1) is 6.25. The molecule has 1 atom stereocenters. The zero-order chi connectivity index (χ0) is 9.26. The molecule has 0 aromatic carbocycles. The third kappa shape index (κ3) is 2.42. The number of hydrogen-bond donors (Lipinski definition) is 1. The van der Waals surface area contributed by atoms with Crippen LogP contribution in [0.2, 0.25) is 0 Å². The molecule has 74 valence electrons. The summed E-state index contributed by atoms with van der Waals surface area (Å²) < 4.78 is 5.39. The Morgan fingerprint density at radius 3 is 2.92 bits per heavy atom. The topological polar surface area (TPSA) is 41.6 Å². The van der Waals surface area contributed by atoms with E-state index in [0.29, 0.717) is 12.6 Å². The third-order valence-electron chi connectivity index (χ3n) is 2.49. The lowest BCUT2D eigenvalue weighted by Gasteiger charge is -2.29. The van der Waals surface area contributed by atoms with Crippen LogP contribution in [0.4, 0.5) is 0 Å². The SMILES string of the molecule is CN1CCOC(C(=O)NC2CC2)C1. The van der Waals surface area contributed by atoms with Gasteiger partial charge in [0, 0.05) is 19.1 Å². The van der Waals surface area contributed by atoms with Gasteiger partial charge < -0.3 is 15.0 Å². The van der Waals surface area contributed by atoms with Crippen molar-refractivity contribution in [2.45, 2.75) is 25.0 Å². The second kappa shape index (κ2) is 3.64. The maximum Gasteiger partial charge on any atom is 0.250 e. The Labute approximate surface area is 78.2 Å². The van der Waals surface area contributed by atoms with Gasteiger partial charge in [0.05, 0.1) is 6.61 Å². The molecule has 0 radical (unpaired) electrons. The molecule has 4 nitrogen and oxygen atoms in total. The Bertz CT molecular complexity index is 204. The molecule has 1 saturated carbocycles. The number of carbonyl (C=O) groups is 1. The lowest BCUT2D eigenvalue weighted by molar-refractivity contribution is -0.137. The van der Waals surface area contributed by atoms with Crippen LogP contribution in [0.25, 0.3) is 0 Å². The van der Waals surface area contributed by atoms with Gasteiger partial charge in [-0.2, -0.15) is 0 Å². The minimum Gasteiger partial charge on any atom is -0.366 e. The molecule has 13 heavy (non-hydrogen) atoms. The Balaban J connectivity index is 1.80. The van der Waals surface area contributed by atoms with Crippen LogP contribution in [-0.2, 0) is 9.53 Å². The predicted molar refractivity (Wildman–Crippen MR) is 48.4 cm³/mol. The number of ether oxygens (including phenoxy) is 1. The number of likely N-dealkylation sites (N-methyl/N-ethyl adjacent to an activating group) is 1. The maximum atomic E-state index is 11.5. The standard InChI is InChI=1S/C9H16N2O2/c1-11-4-5-13-8(6-11)9(12)10-7-2-3-7/h7-8H,2-6H2,1H3,(H,10,12). The van der Waals surface area contributed by atoms with Gasteiger partial charge in [0.15, 0.2) is 0 Å². The van der Waals surface area contributed by atoms with Crippen LogP contribution < -0.4 is 5.32 Å². The number of morpholine rings is 1. The van der Waals surface area contributed by atoms with Crippen LogP contribution >= 0.6 is 0 Å². The highest BCUT2D eigenvalue weighted by Crippen LogP contribution is 2.19. The number of nitrogens with zero attached hydrogens (tertiary/aromatic N) is 1. The molecule has 2 fully saturated rings. The van der Waals surface area contributed by atoms with Crippen LogP contribution in [0.5, 0.6) is 0 Å². The molecule has 1 aliphatic heterocycles. The molecule has 1 N–H and O–H groups in total. The molecule has 4 heteroatoms. The van der Waals surface area contributed by atoms with Crippen LogP contribution in [0.1, 0.15) is 12.8 Å². The van der Waals surface area contributed by atoms with Crippen molar-refractivity contribution in [1.29, 1.82) is 0 Å². The minimum atomic E-state index is -0.251. The number of hydrogen-bond acceptors (Lipinski definition) is 3. The van der Waals surface area contributed by atoms with E-state index in [1.54, 1.807) is 0 Å². The molecule has 0 aromatic rings. The summed E-state index contributed by atoms with van der Waals surface area (Å²) in [5.41, 5.74) is 0. The van der Waals surface area contributed by atoms with E-state index in [2.05, 4.69) is 10.2 Å². The second-order valence-corrected chi connectivity index (χ2v) is 3.90. The second-order valence-electron chi connectivity index (χ2n) is 3.90. The predicted octanol–water partition coefficient (Wildman–Crippen LogP) is -0.404. The number of carbonyl (C=O) groups excluding carboxylic acids is 1. The Morgan fingerprint density at radius 1 is 1.54 bits per heavy atom. The molecule has 0 aromatic heterocycles. The number of rotatable bonds is 2. The summed E-state index contributed by atoms with van der Waals surface area (Å²) in [4.78, 5) is 13.7. The maximum absolute atomic E-state index is 11.5. The Morgan fingerprint density at radius 2 is 2.31 bits per heavy atom. The lowest BCUT2D eigenvalue weighted by atomic mass is 10.2. The van der Waals surface area contributed by atoms with Crippen molar-refractivity contribution >= 4 is 5.91 Å². The van der Waals surface area contributed by atoms with Crippen LogP contribution in [0.3, 0.4) is 0 Å². The number of nitrogens with one attached hydrogen (secondary N) is 1. The zero-order valence-electron chi connectivity index (χ0n) is 7.95. The van der Waals surface area contributed by atoms with Gasteiger partial charge in [0.2, 0.25) is 0 Å². The van der Waals surface area contributed by atoms with Crippen molar-refractivity contribution in [1.82, 2.24) is 10.2 Å². The first-order valence-electron chi connectivity index (χ1n) is 4.86. The summed E-state index contributed by atoms with van der Waals surface area (Å²) >= 11 is 0. The van der Waals surface area contributed by atoms with E-state index in [0.717, 1.165) is 25.9 Å². The fourth-order valence-corrected chi connectivity index (χ4v) is 1.46. The summed E-state index contributed by atoms with van der Waals surface area (Å²) in [6.45, 7) is 2.31. The molecule has 1 amide bonds. The molecule has 2 aliphatic rings. The van der Waals surface area contributed by atoms with Crippen LogP contribution in [0, 0.1) is 0 Å². The molecule has 1 heterocycles. The van der Waals surface area contributed by atoms with Crippen molar-refractivity contribution in [2.24, 2.45) is 0 Å². The smallest absolute Gasteiger partial charge is 0.250 e. The summed E-state index contributed by atoms with van der Waals surface area (Å²) in [5.74, 6) is 0.0639. The van der Waals surface area contributed by atoms with Gasteiger partial charge in [-0.3, -0.25) is 4.79 Å². The van der Waals surface area contributed by atoms with Gasteiger partial charge >= 0.3 is 0 Å². The Hall–Kier alpha value is -0.610. The van der Waals surface area contributed by atoms with Crippen molar-refractivity contribution in [3.63, 3.8) is 0 Å².